The van der Waals surface area contributed by atoms with Crippen LogP contribution in [0.1, 0.15) is 44.5 Å². The van der Waals surface area contributed by atoms with Crippen molar-refractivity contribution in [3.8, 4) is 5.75 Å². The highest BCUT2D eigenvalue weighted by Gasteiger charge is 2.68. The molecule has 0 unspecified atom stereocenters. The quantitative estimate of drug-likeness (QED) is 0.326. The summed E-state index contributed by atoms with van der Waals surface area (Å²) < 4.78 is 55.1. The number of hydrogen-bond acceptors (Lipinski definition) is 10. The van der Waals surface area contributed by atoms with E-state index in [0.717, 1.165) is 0 Å². The first kappa shape index (κ1) is 25.7. The summed E-state index contributed by atoms with van der Waals surface area (Å²) in [5, 5.41) is 2.09. The van der Waals surface area contributed by atoms with Crippen molar-refractivity contribution in [3.63, 3.8) is 0 Å². The second kappa shape index (κ2) is 10.9. The van der Waals surface area contributed by atoms with Crippen molar-refractivity contribution in [1.29, 1.82) is 0 Å². The summed E-state index contributed by atoms with van der Waals surface area (Å²) in [5.74, 6) is -0.130. The van der Waals surface area contributed by atoms with Crippen molar-refractivity contribution >= 4 is 26.7 Å². The highest BCUT2D eigenvalue weighted by Crippen LogP contribution is 2.78. The molecule has 10 nitrogen and oxygen atoms in total. The van der Waals surface area contributed by atoms with Crippen LogP contribution in [0.5, 0.6) is 5.75 Å². The van der Waals surface area contributed by atoms with E-state index in [2.05, 4.69) is 10.5 Å². The smallest absolute Gasteiger partial charge is 0.370 e. The SMILES string of the molecule is CCOP(=O)(OCC)C1(P(=O)(OCC)OCC)CC(C(=O)c2ccccc2OC)=NN1. The Bertz CT molecular complexity index is 855. The number of nitrogens with zero attached hydrogens (tertiary/aromatic N) is 1. The molecular weight excluding hydrogens is 446 g/mol. The van der Waals surface area contributed by atoms with E-state index < -0.39 is 26.0 Å². The van der Waals surface area contributed by atoms with Gasteiger partial charge in [-0.3, -0.25) is 19.4 Å². The van der Waals surface area contributed by atoms with Crippen LogP contribution < -0.4 is 10.2 Å². The van der Waals surface area contributed by atoms with Gasteiger partial charge in [0.1, 0.15) is 11.5 Å². The third-order valence-corrected chi connectivity index (χ3v) is 10.7. The zero-order valence-corrected chi connectivity index (χ0v) is 20.2. The van der Waals surface area contributed by atoms with E-state index in [-0.39, 0.29) is 44.1 Å². The van der Waals surface area contributed by atoms with Gasteiger partial charge in [0.15, 0.2) is 0 Å². The lowest BCUT2D eigenvalue weighted by Crippen LogP contribution is -2.42. The van der Waals surface area contributed by atoms with Crippen LogP contribution in [0.4, 0.5) is 0 Å². The van der Waals surface area contributed by atoms with Crippen LogP contribution in [0.15, 0.2) is 29.4 Å². The Morgan fingerprint density at radius 2 is 1.45 bits per heavy atom. The van der Waals surface area contributed by atoms with Crippen LogP contribution in [-0.4, -0.2) is 50.1 Å². The largest absolute Gasteiger partial charge is 0.496 e. The zero-order valence-electron chi connectivity index (χ0n) is 18.5. The fourth-order valence-corrected chi connectivity index (χ4v) is 8.52. The van der Waals surface area contributed by atoms with Crippen LogP contribution >= 0.6 is 15.2 Å². The summed E-state index contributed by atoms with van der Waals surface area (Å²) in [4.78, 5) is 13.2. The Kier molecular flexibility index (Phi) is 9.01. The molecule has 1 aromatic rings. The van der Waals surface area contributed by atoms with E-state index in [1.165, 1.54) is 7.11 Å². The van der Waals surface area contributed by atoms with Crippen LogP contribution in [0, 0.1) is 0 Å². The van der Waals surface area contributed by atoms with Crippen molar-refractivity contribution in [2.24, 2.45) is 5.10 Å². The molecule has 174 valence electrons. The predicted molar refractivity (Wildman–Crippen MR) is 117 cm³/mol. The van der Waals surface area contributed by atoms with Crippen molar-refractivity contribution in [2.45, 2.75) is 39.1 Å². The minimum Gasteiger partial charge on any atom is -0.496 e. The monoisotopic (exact) mass is 476 g/mol. The van der Waals surface area contributed by atoms with E-state index >= 15 is 0 Å². The van der Waals surface area contributed by atoms with Gasteiger partial charge in [-0.1, -0.05) is 12.1 Å². The first-order valence-electron chi connectivity index (χ1n) is 10.1. The lowest BCUT2D eigenvalue weighted by atomic mass is 10.0. The number of carbonyl (C=O) groups is 1. The molecule has 0 aliphatic carbocycles. The topological polar surface area (TPSA) is 122 Å². The number of nitrogens with one attached hydrogen (secondary N) is 1. The summed E-state index contributed by atoms with van der Waals surface area (Å²) in [7, 11) is -6.93. The predicted octanol–water partition coefficient (Wildman–Crippen LogP) is 4.41. The van der Waals surface area contributed by atoms with Crippen molar-refractivity contribution in [3.05, 3.63) is 29.8 Å². The molecular formula is C19H30N2O8P2. The molecule has 31 heavy (non-hydrogen) atoms. The minimum absolute atomic E-state index is 0.00868. The van der Waals surface area contributed by atoms with E-state index in [1.807, 2.05) is 0 Å². The number of carbonyl (C=O) groups excluding carboxylic acids is 1. The van der Waals surface area contributed by atoms with Gasteiger partial charge in [0, 0.05) is 6.42 Å². The molecule has 2 rings (SSSR count). The number of hydrogen-bond donors (Lipinski definition) is 1. The first-order valence-corrected chi connectivity index (χ1v) is 13.2. The maximum atomic E-state index is 13.9. The van der Waals surface area contributed by atoms with Crippen molar-refractivity contribution < 1.29 is 36.8 Å². The van der Waals surface area contributed by atoms with Gasteiger partial charge in [-0.25, -0.2) is 0 Å². The molecule has 1 aliphatic rings. The lowest BCUT2D eigenvalue weighted by Gasteiger charge is -2.38. The number of ether oxygens (including phenoxy) is 1. The molecule has 1 heterocycles. The van der Waals surface area contributed by atoms with Gasteiger partial charge in [-0.05, 0) is 39.8 Å². The average Bonchev–Trinajstić information content (AvgIpc) is 3.22. The average molecular weight is 476 g/mol. The maximum Gasteiger partial charge on any atom is 0.370 e. The van der Waals surface area contributed by atoms with Gasteiger partial charge >= 0.3 is 15.2 Å². The normalized spacial score (nSPS) is 16.0. The van der Waals surface area contributed by atoms with E-state index in [0.29, 0.717) is 5.75 Å². The summed E-state index contributed by atoms with van der Waals surface area (Å²) in [6.07, 6.45) is -0.349. The number of ketones is 1. The molecule has 0 fully saturated rings. The molecule has 0 amide bonds. The Morgan fingerprint density at radius 3 is 1.90 bits per heavy atom. The van der Waals surface area contributed by atoms with Gasteiger partial charge in [0.2, 0.25) is 5.78 Å². The molecule has 0 atom stereocenters. The summed E-state index contributed by atoms with van der Waals surface area (Å²) >= 11 is 0. The molecule has 1 N–H and O–H groups in total. The summed E-state index contributed by atoms with van der Waals surface area (Å²) in [6, 6.07) is 6.63. The summed E-state index contributed by atoms with van der Waals surface area (Å²) in [5.41, 5.74) is 2.86. The standard InChI is InChI=1S/C19H30N2O8P2/c1-6-26-30(23,27-7-2)19(31(24,28-8-3)29-9-4)14-16(20-21-19)18(22)15-12-10-11-13-17(15)25-5/h10-13,21H,6-9,14H2,1-5H3. The highest BCUT2D eigenvalue weighted by molar-refractivity contribution is 7.74. The van der Waals surface area contributed by atoms with Crippen molar-refractivity contribution in [2.75, 3.05) is 33.5 Å². The molecule has 1 aliphatic heterocycles. The molecule has 0 spiro atoms. The molecule has 0 aromatic heterocycles. The third-order valence-electron chi connectivity index (χ3n) is 4.50. The van der Waals surface area contributed by atoms with E-state index in [1.54, 1.807) is 52.0 Å². The molecule has 0 saturated carbocycles. The molecule has 0 saturated heterocycles. The van der Waals surface area contributed by atoms with Gasteiger partial charge < -0.3 is 22.8 Å². The number of Topliss-reactive ketones (excluding diaryl/α,β-unsaturated/α-hetero) is 1. The Hall–Kier alpha value is -1.54. The first-order chi connectivity index (χ1) is 14.8. The Labute approximate surface area is 182 Å². The summed E-state index contributed by atoms with van der Waals surface area (Å²) in [6.45, 7) is 6.54. The number of benzene rings is 1. The molecule has 0 radical (unpaired) electrons. The van der Waals surface area contributed by atoms with Gasteiger partial charge in [-0.15, -0.1) is 0 Å². The van der Waals surface area contributed by atoms with Gasteiger partial charge in [0.05, 0.1) is 39.1 Å². The number of rotatable bonds is 13. The van der Waals surface area contributed by atoms with E-state index in [4.69, 9.17) is 22.8 Å². The van der Waals surface area contributed by atoms with Crippen LogP contribution in [-0.2, 0) is 27.2 Å². The van der Waals surface area contributed by atoms with Crippen LogP contribution in [0.25, 0.3) is 0 Å². The third kappa shape index (κ3) is 4.80. The molecule has 0 bridgehead atoms. The number of hydrazone groups is 1. The fourth-order valence-electron chi connectivity index (χ4n) is 3.24. The maximum absolute atomic E-state index is 13.9. The lowest BCUT2D eigenvalue weighted by molar-refractivity contribution is 0.106. The number of methoxy groups -OCH3 is 1. The highest BCUT2D eigenvalue weighted by atomic mass is 31.2. The second-order valence-electron chi connectivity index (χ2n) is 6.36. The van der Waals surface area contributed by atoms with Crippen LogP contribution in [0.2, 0.25) is 0 Å². The molecule has 1 aromatic carbocycles. The minimum atomic E-state index is -4.19. The zero-order chi connectivity index (χ0) is 23.1. The van der Waals surface area contributed by atoms with Crippen molar-refractivity contribution in [1.82, 2.24) is 5.43 Å². The number of para-hydroxylation sites is 1. The fraction of sp³-hybridized carbons (Fsp3) is 0.579. The van der Waals surface area contributed by atoms with Gasteiger partial charge in [-0.2, -0.15) is 5.10 Å². The second-order valence-corrected chi connectivity index (χ2v) is 11.3. The Balaban J connectivity index is 2.58. The Morgan fingerprint density at radius 1 is 0.968 bits per heavy atom. The van der Waals surface area contributed by atoms with Gasteiger partial charge in [0.25, 0.3) is 5.02 Å². The molecule has 12 heteroatoms. The van der Waals surface area contributed by atoms with E-state index in [9.17, 15) is 13.9 Å². The van der Waals surface area contributed by atoms with Crippen LogP contribution in [0.3, 0.4) is 0 Å².